The Balaban J connectivity index is 1.74. The van der Waals surface area contributed by atoms with Crippen molar-refractivity contribution in [2.75, 3.05) is 31.7 Å². The van der Waals surface area contributed by atoms with E-state index in [1.165, 1.54) is 25.3 Å². The second kappa shape index (κ2) is 8.56. The Morgan fingerprint density at radius 3 is 2.55 bits per heavy atom. The van der Waals surface area contributed by atoms with Gasteiger partial charge in [-0.25, -0.2) is 4.90 Å². The molecule has 1 atom stereocenters. The summed E-state index contributed by atoms with van der Waals surface area (Å²) in [5, 5.41) is 11.0. The predicted molar refractivity (Wildman–Crippen MR) is 101 cm³/mol. The number of piperidine rings is 1. The van der Waals surface area contributed by atoms with Gasteiger partial charge in [0.15, 0.2) is 0 Å². The number of likely N-dealkylation sites (tertiary alicyclic amines) is 1. The molecule has 1 aromatic rings. The maximum atomic E-state index is 13.0. The van der Waals surface area contributed by atoms with Crippen LogP contribution in [0.1, 0.15) is 26.2 Å². The minimum Gasteiger partial charge on any atom is -0.494 e. The number of hydrogen-bond donors (Lipinski definition) is 0. The standard InChI is InChI=1S/C19H23N3O7/c1-3-29-19(25)12-6-8-20(9-7-12)15-11-17(23)21(18(15)24)14-5-4-13(22(26)27)10-16(14)28-2/h4-5,10,12,15H,3,6-9,11H2,1-2H3. The van der Waals surface area contributed by atoms with Crippen LogP contribution in [0.5, 0.6) is 5.75 Å². The van der Waals surface area contributed by atoms with E-state index in [4.69, 9.17) is 9.47 Å². The summed E-state index contributed by atoms with van der Waals surface area (Å²) < 4.78 is 10.2. The fourth-order valence-electron chi connectivity index (χ4n) is 3.83. The normalized spacial score (nSPS) is 20.8. The van der Waals surface area contributed by atoms with Crippen molar-refractivity contribution in [1.29, 1.82) is 0 Å². The monoisotopic (exact) mass is 405 g/mol. The molecule has 2 saturated heterocycles. The summed E-state index contributed by atoms with van der Waals surface area (Å²) in [6, 6.07) is 3.15. The Labute approximate surface area is 167 Å². The van der Waals surface area contributed by atoms with Crippen LogP contribution in [-0.4, -0.2) is 60.5 Å². The lowest BCUT2D eigenvalue weighted by molar-refractivity contribution is -0.384. The number of esters is 1. The number of methoxy groups -OCH3 is 1. The van der Waals surface area contributed by atoms with Gasteiger partial charge in [0.2, 0.25) is 5.91 Å². The molecule has 0 aliphatic carbocycles. The third-order valence-electron chi connectivity index (χ3n) is 5.33. The molecular weight excluding hydrogens is 382 g/mol. The number of ether oxygens (including phenoxy) is 2. The number of carbonyl (C=O) groups excluding carboxylic acids is 3. The molecule has 1 aromatic carbocycles. The van der Waals surface area contributed by atoms with Gasteiger partial charge in [0.05, 0.1) is 48.8 Å². The fraction of sp³-hybridized carbons (Fsp3) is 0.526. The largest absolute Gasteiger partial charge is 0.494 e. The second-order valence-corrected chi connectivity index (χ2v) is 6.96. The first-order valence-corrected chi connectivity index (χ1v) is 9.47. The van der Waals surface area contributed by atoms with Crippen molar-refractivity contribution in [3.05, 3.63) is 28.3 Å². The summed E-state index contributed by atoms with van der Waals surface area (Å²) in [6.45, 7) is 3.12. The molecule has 10 heteroatoms. The van der Waals surface area contributed by atoms with Crippen molar-refractivity contribution < 1.29 is 28.8 Å². The first kappa shape index (κ1) is 20.7. The number of non-ortho nitro benzene ring substituents is 1. The van der Waals surface area contributed by atoms with Crippen molar-refractivity contribution >= 4 is 29.2 Å². The molecule has 2 heterocycles. The van der Waals surface area contributed by atoms with Gasteiger partial charge in [-0.15, -0.1) is 0 Å². The Morgan fingerprint density at radius 2 is 1.97 bits per heavy atom. The molecule has 2 aliphatic heterocycles. The van der Waals surface area contributed by atoms with E-state index in [2.05, 4.69) is 0 Å². The van der Waals surface area contributed by atoms with E-state index < -0.39 is 16.9 Å². The van der Waals surface area contributed by atoms with E-state index in [1.54, 1.807) is 6.92 Å². The van der Waals surface area contributed by atoms with E-state index in [-0.39, 0.29) is 41.3 Å². The van der Waals surface area contributed by atoms with Crippen molar-refractivity contribution in [3.63, 3.8) is 0 Å². The summed E-state index contributed by atoms with van der Waals surface area (Å²) in [5.74, 6) is -1.11. The fourth-order valence-corrected chi connectivity index (χ4v) is 3.83. The number of benzene rings is 1. The molecule has 2 aliphatic rings. The topological polar surface area (TPSA) is 119 Å². The van der Waals surface area contributed by atoms with Crippen molar-refractivity contribution in [1.82, 2.24) is 4.90 Å². The maximum absolute atomic E-state index is 13.0. The average molecular weight is 405 g/mol. The number of nitrogens with zero attached hydrogens (tertiary/aromatic N) is 3. The molecule has 0 N–H and O–H groups in total. The van der Waals surface area contributed by atoms with Gasteiger partial charge in [0, 0.05) is 6.07 Å². The lowest BCUT2D eigenvalue weighted by atomic mass is 9.95. The molecule has 2 amide bonds. The van der Waals surface area contributed by atoms with Gasteiger partial charge in [-0.05, 0) is 38.9 Å². The third-order valence-corrected chi connectivity index (χ3v) is 5.33. The van der Waals surface area contributed by atoms with E-state index in [0.717, 1.165) is 4.90 Å². The summed E-state index contributed by atoms with van der Waals surface area (Å²) in [7, 11) is 1.32. The molecule has 0 spiro atoms. The van der Waals surface area contributed by atoms with Gasteiger partial charge in [-0.2, -0.15) is 0 Å². The van der Waals surface area contributed by atoms with Crippen LogP contribution in [0.3, 0.4) is 0 Å². The summed E-state index contributed by atoms with van der Waals surface area (Å²) in [5.41, 5.74) is -0.000655. The van der Waals surface area contributed by atoms with Gasteiger partial charge in [0.25, 0.3) is 11.6 Å². The van der Waals surface area contributed by atoms with Gasteiger partial charge in [-0.3, -0.25) is 29.4 Å². The Morgan fingerprint density at radius 1 is 1.28 bits per heavy atom. The van der Waals surface area contributed by atoms with E-state index >= 15 is 0 Å². The number of anilines is 1. The quantitative estimate of drug-likeness (QED) is 0.302. The number of nitro benzene ring substituents is 1. The van der Waals surface area contributed by atoms with Crippen molar-refractivity contribution in [2.45, 2.75) is 32.2 Å². The maximum Gasteiger partial charge on any atom is 0.309 e. The minimum atomic E-state index is -0.620. The number of nitro groups is 1. The lowest BCUT2D eigenvalue weighted by Gasteiger charge is -2.33. The molecule has 0 bridgehead atoms. The lowest BCUT2D eigenvalue weighted by Crippen LogP contribution is -2.47. The molecule has 3 rings (SSSR count). The predicted octanol–water partition coefficient (Wildman–Crippen LogP) is 1.51. The van der Waals surface area contributed by atoms with Crippen LogP contribution in [0.15, 0.2) is 18.2 Å². The van der Waals surface area contributed by atoms with Crippen LogP contribution in [0.4, 0.5) is 11.4 Å². The third kappa shape index (κ3) is 4.07. The van der Waals surface area contributed by atoms with Crippen LogP contribution in [0.25, 0.3) is 0 Å². The molecule has 10 nitrogen and oxygen atoms in total. The zero-order valence-electron chi connectivity index (χ0n) is 16.3. The zero-order valence-corrected chi connectivity index (χ0v) is 16.3. The van der Waals surface area contributed by atoms with Gasteiger partial charge < -0.3 is 9.47 Å². The molecule has 0 radical (unpaired) electrons. The molecule has 29 heavy (non-hydrogen) atoms. The highest BCUT2D eigenvalue weighted by molar-refractivity contribution is 6.23. The number of hydrogen-bond acceptors (Lipinski definition) is 8. The Hall–Kier alpha value is -3.01. The highest BCUT2D eigenvalue weighted by Gasteiger charge is 2.45. The van der Waals surface area contributed by atoms with Gasteiger partial charge in [-0.1, -0.05) is 0 Å². The Bertz CT molecular complexity index is 833. The first-order chi connectivity index (χ1) is 13.9. The van der Waals surface area contributed by atoms with Gasteiger partial charge in [0.1, 0.15) is 5.75 Å². The highest BCUT2D eigenvalue weighted by Crippen LogP contribution is 2.36. The second-order valence-electron chi connectivity index (χ2n) is 6.96. The van der Waals surface area contributed by atoms with E-state index in [0.29, 0.717) is 32.5 Å². The molecule has 2 fully saturated rings. The SMILES string of the molecule is CCOC(=O)C1CCN(C2CC(=O)N(c3ccc([N+](=O)[O-])cc3OC)C2=O)CC1. The van der Waals surface area contributed by atoms with Crippen LogP contribution < -0.4 is 9.64 Å². The zero-order chi connectivity index (χ0) is 21.1. The highest BCUT2D eigenvalue weighted by atomic mass is 16.6. The minimum absolute atomic E-state index is 0.0169. The van der Waals surface area contributed by atoms with Crippen LogP contribution >= 0.6 is 0 Å². The van der Waals surface area contributed by atoms with E-state index in [9.17, 15) is 24.5 Å². The molecule has 1 unspecified atom stereocenters. The summed E-state index contributed by atoms with van der Waals surface area (Å²) >= 11 is 0. The number of carbonyl (C=O) groups is 3. The summed E-state index contributed by atoms with van der Waals surface area (Å²) in [4.78, 5) is 50.8. The molecule has 0 saturated carbocycles. The molecular formula is C19H23N3O7. The first-order valence-electron chi connectivity index (χ1n) is 9.47. The van der Waals surface area contributed by atoms with Crippen molar-refractivity contribution in [3.8, 4) is 5.75 Å². The van der Waals surface area contributed by atoms with Crippen LogP contribution in [0.2, 0.25) is 0 Å². The Kier molecular flexibility index (Phi) is 6.12. The van der Waals surface area contributed by atoms with Gasteiger partial charge >= 0.3 is 5.97 Å². The van der Waals surface area contributed by atoms with Crippen LogP contribution in [0, 0.1) is 16.0 Å². The average Bonchev–Trinajstić information content (AvgIpc) is 3.01. The van der Waals surface area contributed by atoms with Crippen LogP contribution in [-0.2, 0) is 19.1 Å². The number of amides is 2. The van der Waals surface area contributed by atoms with Crippen molar-refractivity contribution in [2.24, 2.45) is 5.92 Å². The number of imide groups is 1. The smallest absolute Gasteiger partial charge is 0.309 e. The van der Waals surface area contributed by atoms with E-state index in [1.807, 2.05) is 4.90 Å². The molecule has 156 valence electrons. The molecule has 0 aromatic heterocycles. The summed E-state index contributed by atoms with van der Waals surface area (Å²) in [6.07, 6.45) is 1.15. The number of rotatable bonds is 6.